The maximum atomic E-state index is 12.3. The van der Waals surface area contributed by atoms with Crippen LogP contribution in [0.3, 0.4) is 0 Å². The maximum Gasteiger partial charge on any atom is 0.251 e. The van der Waals surface area contributed by atoms with Crippen molar-refractivity contribution in [3.05, 3.63) is 34.3 Å². The Morgan fingerprint density at radius 3 is 2.42 bits per heavy atom. The van der Waals surface area contributed by atoms with E-state index in [9.17, 15) is 8.78 Å². The number of halogens is 3. The van der Waals surface area contributed by atoms with Crippen LogP contribution in [0, 0.1) is 0 Å². The Balaban J connectivity index is 2.55. The van der Waals surface area contributed by atoms with Crippen LogP contribution in [0.15, 0.2) is 28.7 Å². The molecule has 108 valence electrons. The second-order valence-electron chi connectivity index (χ2n) is 4.60. The molecule has 1 rings (SSSR count). The number of rotatable bonds is 8. The Kier molecular flexibility index (Phi) is 7.49. The summed E-state index contributed by atoms with van der Waals surface area (Å²) in [5.74, 6) is 0. The van der Waals surface area contributed by atoms with E-state index in [1.807, 2.05) is 12.1 Å². The molecule has 0 aliphatic carbocycles. The summed E-state index contributed by atoms with van der Waals surface area (Å²) in [6.07, 6.45) is -1.45. The van der Waals surface area contributed by atoms with Gasteiger partial charge < -0.3 is 10.2 Å². The molecule has 1 N–H and O–H groups in total. The van der Waals surface area contributed by atoms with Crippen LogP contribution in [0.2, 0.25) is 0 Å². The van der Waals surface area contributed by atoms with Crippen molar-refractivity contribution in [3.63, 3.8) is 0 Å². The largest absolute Gasteiger partial charge is 0.310 e. The van der Waals surface area contributed by atoms with Crippen LogP contribution in [0.25, 0.3) is 0 Å². The van der Waals surface area contributed by atoms with Crippen molar-refractivity contribution in [2.45, 2.75) is 25.8 Å². The van der Waals surface area contributed by atoms with E-state index in [0.717, 1.165) is 17.4 Å². The van der Waals surface area contributed by atoms with Gasteiger partial charge in [0.15, 0.2) is 0 Å². The van der Waals surface area contributed by atoms with Crippen molar-refractivity contribution < 1.29 is 8.78 Å². The summed E-state index contributed by atoms with van der Waals surface area (Å²) in [6.45, 7) is 3.39. The van der Waals surface area contributed by atoms with Crippen LogP contribution in [0.4, 0.5) is 8.78 Å². The van der Waals surface area contributed by atoms with Gasteiger partial charge in [-0.25, -0.2) is 8.78 Å². The minimum atomic E-state index is -2.27. The SMILES string of the molecule is CCNC(CCN(C)CC(F)F)c1ccc(Br)cc1. The van der Waals surface area contributed by atoms with Gasteiger partial charge >= 0.3 is 0 Å². The molecule has 1 aromatic rings. The zero-order valence-electron chi connectivity index (χ0n) is 11.4. The number of hydrogen-bond donors (Lipinski definition) is 1. The molecule has 5 heteroatoms. The maximum absolute atomic E-state index is 12.3. The first-order chi connectivity index (χ1) is 9.02. The highest BCUT2D eigenvalue weighted by molar-refractivity contribution is 9.10. The lowest BCUT2D eigenvalue weighted by molar-refractivity contribution is 0.0985. The smallest absolute Gasteiger partial charge is 0.251 e. The van der Waals surface area contributed by atoms with Crippen molar-refractivity contribution in [1.82, 2.24) is 10.2 Å². The fraction of sp³-hybridized carbons (Fsp3) is 0.571. The normalized spacial score (nSPS) is 13.2. The van der Waals surface area contributed by atoms with Crippen LogP contribution in [0.5, 0.6) is 0 Å². The van der Waals surface area contributed by atoms with Gasteiger partial charge in [0, 0.05) is 10.5 Å². The van der Waals surface area contributed by atoms with E-state index < -0.39 is 6.43 Å². The molecule has 1 aromatic carbocycles. The Hall–Kier alpha value is -0.520. The van der Waals surface area contributed by atoms with Crippen LogP contribution < -0.4 is 5.32 Å². The van der Waals surface area contributed by atoms with E-state index in [-0.39, 0.29) is 12.6 Å². The molecule has 2 nitrogen and oxygen atoms in total. The van der Waals surface area contributed by atoms with E-state index in [1.54, 1.807) is 11.9 Å². The molecule has 0 radical (unpaired) electrons. The highest BCUT2D eigenvalue weighted by Gasteiger charge is 2.13. The zero-order valence-corrected chi connectivity index (χ0v) is 13.0. The van der Waals surface area contributed by atoms with Gasteiger partial charge in [0.2, 0.25) is 0 Å². The predicted molar refractivity (Wildman–Crippen MR) is 78.7 cm³/mol. The Morgan fingerprint density at radius 1 is 1.26 bits per heavy atom. The minimum absolute atomic E-state index is 0.167. The Labute approximate surface area is 122 Å². The molecule has 0 aromatic heterocycles. The van der Waals surface area contributed by atoms with Gasteiger partial charge in [-0.05, 0) is 44.3 Å². The zero-order chi connectivity index (χ0) is 14.3. The summed E-state index contributed by atoms with van der Waals surface area (Å²) in [5.41, 5.74) is 1.19. The molecular weight excluding hydrogens is 314 g/mol. The summed E-state index contributed by atoms with van der Waals surface area (Å²) in [5, 5.41) is 3.40. The monoisotopic (exact) mass is 334 g/mol. The molecule has 19 heavy (non-hydrogen) atoms. The van der Waals surface area contributed by atoms with Crippen LogP contribution in [-0.4, -0.2) is 38.0 Å². The topological polar surface area (TPSA) is 15.3 Å². The van der Waals surface area contributed by atoms with Crippen LogP contribution in [-0.2, 0) is 0 Å². The summed E-state index contributed by atoms with van der Waals surface area (Å²) >= 11 is 3.41. The molecule has 0 aliphatic rings. The second kappa shape index (κ2) is 8.61. The lowest BCUT2D eigenvalue weighted by Crippen LogP contribution is -2.30. The van der Waals surface area contributed by atoms with Crippen molar-refractivity contribution in [3.8, 4) is 0 Å². The Morgan fingerprint density at radius 2 is 1.89 bits per heavy atom. The van der Waals surface area contributed by atoms with E-state index in [1.165, 1.54) is 5.56 Å². The number of nitrogens with one attached hydrogen (secondary N) is 1. The third-order valence-electron chi connectivity index (χ3n) is 2.97. The second-order valence-corrected chi connectivity index (χ2v) is 5.52. The number of alkyl halides is 2. The molecule has 0 spiro atoms. The van der Waals surface area contributed by atoms with Gasteiger partial charge in [-0.1, -0.05) is 35.0 Å². The molecule has 0 saturated heterocycles. The fourth-order valence-electron chi connectivity index (χ4n) is 2.00. The minimum Gasteiger partial charge on any atom is -0.310 e. The molecule has 1 unspecified atom stereocenters. The van der Waals surface area contributed by atoms with Crippen LogP contribution in [0.1, 0.15) is 24.9 Å². The molecule has 0 fully saturated rings. The third-order valence-corrected chi connectivity index (χ3v) is 3.50. The van der Waals surface area contributed by atoms with Gasteiger partial charge in [0.1, 0.15) is 0 Å². The van der Waals surface area contributed by atoms with Gasteiger partial charge in [-0.3, -0.25) is 0 Å². The molecule has 0 saturated carbocycles. The summed E-state index contributed by atoms with van der Waals surface area (Å²) in [6, 6.07) is 8.33. The van der Waals surface area contributed by atoms with Crippen molar-refractivity contribution in [2.75, 3.05) is 26.7 Å². The van der Waals surface area contributed by atoms with Crippen molar-refractivity contribution >= 4 is 15.9 Å². The summed E-state index contributed by atoms with van der Waals surface area (Å²) in [7, 11) is 1.73. The van der Waals surface area contributed by atoms with E-state index >= 15 is 0 Å². The summed E-state index contributed by atoms with van der Waals surface area (Å²) < 4.78 is 25.6. The molecular formula is C14H21BrF2N2. The highest BCUT2D eigenvalue weighted by Crippen LogP contribution is 2.20. The fourth-order valence-corrected chi connectivity index (χ4v) is 2.27. The quantitative estimate of drug-likeness (QED) is 0.780. The first-order valence-electron chi connectivity index (χ1n) is 6.48. The number of benzene rings is 1. The number of nitrogens with zero attached hydrogens (tertiary/aromatic N) is 1. The van der Waals surface area contributed by atoms with Crippen molar-refractivity contribution in [1.29, 1.82) is 0 Å². The van der Waals surface area contributed by atoms with E-state index in [0.29, 0.717) is 6.54 Å². The molecule has 0 bridgehead atoms. The molecule has 1 atom stereocenters. The average Bonchev–Trinajstić information content (AvgIpc) is 2.35. The molecule has 0 heterocycles. The summed E-state index contributed by atoms with van der Waals surface area (Å²) in [4.78, 5) is 1.67. The Bertz CT molecular complexity index is 357. The lowest BCUT2D eigenvalue weighted by atomic mass is 10.0. The van der Waals surface area contributed by atoms with Gasteiger partial charge in [0.05, 0.1) is 6.54 Å². The lowest BCUT2D eigenvalue weighted by Gasteiger charge is -2.22. The standard InChI is InChI=1S/C14H21BrF2N2/c1-3-18-13(8-9-19(2)10-14(16)17)11-4-6-12(15)7-5-11/h4-7,13-14,18H,3,8-10H2,1-2H3. The van der Waals surface area contributed by atoms with E-state index in [2.05, 4.69) is 40.3 Å². The average molecular weight is 335 g/mol. The molecule has 0 amide bonds. The van der Waals surface area contributed by atoms with E-state index in [4.69, 9.17) is 0 Å². The first kappa shape index (κ1) is 16.5. The van der Waals surface area contributed by atoms with Gasteiger partial charge in [-0.15, -0.1) is 0 Å². The highest BCUT2D eigenvalue weighted by atomic mass is 79.9. The predicted octanol–water partition coefficient (Wildman–Crippen LogP) is 3.69. The van der Waals surface area contributed by atoms with Gasteiger partial charge in [0.25, 0.3) is 6.43 Å². The number of hydrogen-bond acceptors (Lipinski definition) is 2. The van der Waals surface area contributed by atoms with Gasteiger partial charge in [-0.2, -0.15) is 0 Å². The third kappa shape index (κ3) is 6.45. The van der Waals surface area contributed by atoms with Crippen molar-refractivity contribution in [2.24, 2.45) is 0 Å². The molecule has 0 aliphatic heterocycles. The first-order valence-corrected chi connectivity index (χ1v) is 7.27. The van der Waals surface area contributed by atoms with Crippen LogP contribution >= 0.6 is 15.9 Å².